The Kier molecular flexibility index (Phi) is 8.44. The monoisotopic (exact) mass is 222 g/mol. The van der Waals surface area contributed by atoms with Crippen LogP contribution >= 0.6 is 0 Å². The van der Waals surface area contributed by atoms with Crippen molar-refractivity contribution < 1.29 is 20.3 Å². The summed E-state index contributed by atoms with van der Waals surface area (Å²) in [6.07, 6.45) is 3.90. The minimum absolute atomic E-state index is 1.03. The van der Waals surface area contributed by atoms with E-state index in [1.165, 1.54) is 33.4 Å². The molecule has 0 N–H and O–H groups in total. The summed E-state index contributed by atoms with van der Waals surface area (Å²) in [6.45, 7) is 10.2. The predicted octanol–water partition coefficient (Wildman–Crippen LogP) is 4.58. The standard InChI is InChI=1S/C5H11O.3C2H5.Ti/c1-2-3-4-5-6;3*1-2;/h2-5H2,1H3;3*1H2,2H3;/q-1;;;;+1. The molecule has 0 rings (SSSR count). The Balaban J connectivity index is 3.68. The third kappa shape index (κ3) is 5.19. The third-order valence-electron chi connectivity index (χ3n) is 3.09. The van der Waals surface area contributed by atoms with E-state index in [0.717, 1.165) is 6.61 Å². The van der Waals surface area contributed by atoms with Crippen LogP contribution in [0.5, 0.6) is 0 Å². The van der Waals surface area contributed by atoms with Gasteiger partial charge in [0.2, 0.25) is 0 Å². The molecule has 0 bridgehead atoms. The first kappa shape index (κ1) is 13.7. The van der Waals surface area contributed by atoms with Crippen LogP contribution in [-0.2, 0) is 20.3 Å². The maximum atomic E-state index is 6.17. The molecular weight excluding hydrogens is 196 g/mol. The summed E-state index contributed by atoms with van der Waals surface area (Å²) in [7, 11) is 0. The summed E-state index contributed by atoms with van der Waals surface area (Å²) in [5, 5.41) is 0. The molecule has 0 fully saturated rings. The molecular formula is C11H26OTi. The Bertz CT molecular complexity index is 102. The van der Waals surface area contributed by atoms with Crippen LogP contribution in [0.4, 0.5) is 0 Å². The van der Waals surface area contributed by atoms with Crippen molar-refractivity contribution in [1.29, 1.82) is 0 Å². The van der Waals surface area contributed by atoms with E-state index in [-0.39, 0.29) is 0 Å². The van der Waals surface area contributed by atoms with E-state index in [1.54, 1.807) is 0 Å². The van der Waals surface area contributed by atoms with E-state index in [9.17, 15) is 0 Å². The SMILES string of the molecule is CCCCC[O][Ti]([CH2]C)([CH2]C)[CH2]C. The van der Waals surface area contributed by atoms with Gasteiger partial charge >= 0.3 is 88.0 Å². The molecule has 13 heavy (non-hydrogen) atoms. The van der Waals surface area contributed by atoms with Crippen LogP contribution in [0.1, 0.15) is 47.0 Å². The van der Waals surface area contributed by atoms with Crippen LogP contribution in [0.2, 0.25) is 14.2 Å². The van der Waals surface area contributed by atoms with E-state index >= 15 is 0 Å². The van der Waals surface area contributed by atoms with Gasteiger partial charge in [0.25, 0.3) is 0 Å². The molecule has 2 heteroatoms. The zero-order valence-electron chi connectivity index (χ0n) is 9.86. The van der Waals surface area contributed by atoms with Gasteiger partial charge in [0.1, 0.15) is 0 Å². The Morgan fingerprint density at radius 3 is 1.77 bits per heavy atom. The van der Waals surface area contributed by atoms with Crippen molar-refractivity contribution in [1.82, 2.24) is 0 Å². The normalized spacial score (nSPS) is 12.0. The zero-order valence-corrected chi connectivity index (χ0v) is 11.4. The maximum absolute atomic E-state index is 6.17. The molecule has 0 unspecified atom stereocenters. The second-order valence-electron chi connectivity index (χ2n) is 3.80. The number of rotatable bonds is 8. The molecule has 1 nitrogen and oxygen atoms in total. The predicted molar refractivity (Wildman–Crippen MR) is 56.9 cm³/mol. The molecule has 0 saturated heterocycles. The fraction of sp³-hybridized carbons (Fsp3) is 1.00. The van der Waals surface area contributed by atoms with Crippen molar-refractivity contribution >= 4 is 0 Å². The van der Waals surface area contributed by atoms with Crippen LogP contribution < -0.4 is 0 Å². The molecule has 0 aliphatic heterocycles. The van der Waals surface area contributed by atoms with Crippen LogP contribution in [0.3, 0.4) is 0 Å². The van der Waals surface area contributed by atoms with Crippen molar-refractivity contribution in [3.63, 3.8) is 0 Å². The second-order valence-corrected chi connectivity index (χ2v) is 11.3. The van der Waals surface area contributed by atoms with Gasteiger partial charge < -0.3 is 0 Å². The van der Waals surface area contributed by atoms with Gasteiger partial charge in [-0.05, 0) is 0 Å². The molecule has 0 radical (unpaired) electrons. The van der Waals surface area contributed by atoms with Crippen molar-refractivity contribution in [2.75, 3.05) is 6.61 Å². The first-order chi connectivity index (χ1) is 6.24. The molecule has 0 saturated carbocycles. The second kappa shape index (κ2) is 8.02. The molecule has 0 atom stereocenters. The summed E-state index contributed by atoms with van der Waals surface area (Å²) in [6, 6.07) is 0. The van der Waals surface area contributed by atoms with Gasteiger partial charge in [0.05, 0.1) is 0 Å². The average Bonchev–Trinajstić information content (AvgIpc) is 2.20. The zero-order chi connectivity index (χ0) is 10.2. The molecule has 80 valence electrons. The molecule has 0 aromatic heterocycles. The Hall–Kier alpha value is 0.674. The van der Waals surface area contributed by atoms with Crippen molar-refractivity contribution in [3.8, 4) is 0 Å². The molecule has 0 aromatic carbocycles. The van der Waals surface area contributed by atoms with Gasteiger partial charge in [0, 0.05) is 0 Å². The topological polar surface area (TPSA) is 9.23 Å². The summed E-state index contributed by atoms with van der Waals surface area (Å²) in [5.74, 6) is 0. The van der Waals surface area contributed by atoms with Gasteiger partial charge in [-0.2, -0.15) is 0 Å². The summed E-state index contributed by atoms with van der Waals surface area (Å²) >= 11 is -1.77. The van der Waals surface area contributed by atoms with Crippen molar-refractivity contribution in [2.24, 2.45) is 0 Å². The fourth-order valence-corrected chi connectivity index (χ4v) is 5.90. The fourth-order valence-electron chi connectivity index (χ4n) is 1.70. The molecule has 0 heterocycles. The van der Waals surface area contributed by atoms with E-state index in [4.69, 9.17) is 3.32 Å². The molecule has 0 amide bonds. The Morgan fingerprint density at radius 2 is 1.38 bits per heavy atom. The Labute approximate surface area is 88.1 Å². The third-order valence-corrected chi connectivity index (χ3v) is 10.4. The van der Waals surface area contributed by atoms with E-state index in [2.05, 4.69) is 27.7 Å². The molecule has 0 aromatic rings. The van der Waals surface area contributed by atoms with Gasteiger partial charge in [-0.15, -0.1) is 0 Å². The summed E-state index contributed by atoms with van der Waals surface area (Å²) in [5.41, 5.74) is 0. The molecule has 0 aliphatic carbocycles. The van der Waals surface area contributed by atoms with E-state index in [0.29, 0.717) is 0 Å². The minimum atomic E-state index is -1.77. The molecule has 0 spiro atoms. The van der Waals surface area contributed by atoms with E-state index in [1.807, 2.05) is 0 Å². The van der Waals surface area contributed by atoms with Gasteiger partial charge in [0.15, 0.2) is 0 Å². The average molecular weight is 222 g/mol. The van der Waals surface area contributed by atoms with Gasteiger partial charge in [-0.3, -0.25) is 0 Å². The quantitative estimate of drug-likeness (QED) is 0.431. The Morgan fingerprint density at radius 1 is 0.846 bits per heavy atom. The molecule has 0 aliphatic rings. The van der Waals surface area contributed by atoms with E-state index < -0.39 is 17.0 Å². The van der Waals surface area contributed by atoms with Crippen molar-refractivity contribution in [3.05, 3.63) is 0 Å². The summed E-state index contributed by atoms with van der Waals surface area (Å²) < 4.78 is 10.2. The van der Waals surface area contributed by atoms with Gasteiger partial charge in [-0.1, -0.05) is 0 Å². The number of hydrogen-bond donors (Lipinski definition) is 0. The van der Waals surface area contributed by atoms with Gasteiger partial charge in [-0.25, -0.2) is 0 Å². The first-order valence-corrected chi connectivity index (χ1v) is 9.83. The van der Waals surface area contributed by atoms with Crippen LogP contribution in [0.25, 0.3) is 0 Å². The van der Waals surface area contributed by atoms with Crippen molar-refractivity contribution in [2.45, 2.75) is 61.1 Å². The van der Waals surface area contributed by atoms with Crippen LogP contribution in [0.15, 0.2) is 0 Å². The van der Waals surface area contributed by atoms with Crippen LogP contribution in [-0.4, -0.2) is 6.61 Å². The number of unbranched alkanes of at least 4 members (excludes halogenated alkanes) is 2. The van der Waals surface area contributed by atoms with Crippen LogP contribution in [0, 0.1) is 0 Å². The number of hydrogen-bond acceptors (Lipinski definition) is 1. The summed E-state index contributed by atoms with van der Waals surface area (Å²) in [4.78, 5) is 0. The first-order valence-electron chi connectivity index (χ1n) is 5.88.